The molecule has 0 spiro atoms. The van der Waals surface area contributed by atoms with Crippen LogP contribution < -0.4 is 0 Å². The summed E-state index contributed by atoms with van der Waals surface area (Å²) in [6.45, 7) is 16.0. The van der Waals surface area contributed by atoms with E-state index in [9.17, 15) is 0 Å². The Morgan fingerprint density at radius 1 is 0.824 bits per heavy atom. The average molecular weight is 232 g/mol. The molecule has 17 heavy (non-hydrogen) atoms. The Morgan fingerprint density at radius 2 is 1.35 bits per heavy atom. The molecule has 0 aliphatic rings. The van der Waals surface area contributed by atoms with Crippen LogP contribution in [0.5, 0.6) is 0 Å². The van der Waals surface area contributed by atoms with Crippen molar-refractivity contribution >= 4 is 0 Å². The summed E-state index contributed by atoms with van der Waals surface area (Å²) in [6.07, 6.45) is 2.32. The van der Waals surface area contributed by atoms with E-state index in [-0.39, 0.29) is 0 Å². The van der Waals surface area contributed by atoms with Crippen molar-refractivity contribution in [2.75, 3.05) is 0 Å². The second-order valence-electron chi connectivity index (χ2n) is 7.74. The minimum Gasteiger partial charge on any atom is -0.0599 e. The lowest BCUT2D eigenvalue weighted by molar-refractivity contribution is 0.407. The van der Waals surface area contributed by atoms with E-state index in [2.05, 4.69) is 66.7 Å². The molecule has 0 nitrogen and oxygen atoms in total. The van der Waals surface area contributed by atoms with Gasteiger partial charge in [-0.15, -0.1) is 0 Å². The highest BCUT2D eigenvalue weighted by atomic mass is 14.2. The van der Waals surface area contributed by atoms with Gasteiger partial charge in [0.25, 0.3) is 0 Å². The molecule has 1 rings (SSSR count). The zero-order valence-electron chi connectivity index (χ0n) is 12.6. The summed E-state index contributed by atoms with van der Waals surface area (Å²) in [4.78, 5) is 0. The van der Waals surface area contributed by atoms with Crippen molar-refractivity contribution in [3.05, 3.63) is 34.9 Å². The maximum atomic E-state index is 2.37. The Balaban J connectivity index is 2.87. The third-order valence-corrected chi connectivity index (χ3v) is 2.86. The van der Waals surface area contributed by atoms with Crippen LogP contribution in [0.4, 0.5) is 0 Å². The van der Waals surface area contributed by atoms with Gasteiger partial charge in [0.2, 0.25) is 0 Å². The fourth-order valence-corrected chi connectivity index (χ4v) is 2.25. The number of aryl methyl sites for hydroxylation is 1. The van der Waals surface area contributed by atoms with E-state index in [1.807, 2.05) is 0 Å². The summed E-state index contributed by atoms with van der Waals surface area (Å²) in [6, 6.07) is 6.99. The number of benzene rings is 1. The molecule has 0 bridgehead atoms. The Hall–Kier alpha value is -0.780. The predicted octanol–water partition coefficient (Wildman–Crippen LogP) is 5.17. The van der Waals surface area contributed by atoms with E-state index in [4.69, 9.17) is 0 Å². The highest BCUT2D eigenvalue weighted by molar-refractivity contribution is 5.32. The average Bonchev–Trinajstić information content (AvgIpc) is 2.05. The third-order valence-electron chi connectivity index (χ3n) is 2.86. The molecule has 0 fully saturated rings. The Bertz CT molecular complexity index is 372. The molecule has 0 heteroatoms. The third kappa shape index (κ3) is 5.39. The van der Waals surface area contributed by atoms with Gasteiger partial charge in [-0.05, 0) is 47.3 Å². The lowest BCUT2D eigenvalue weighted by Gasteiger charge is -2.22. The maximum Gasteiger partial charge on any atom is -0.0227 e. The van der Waals surface area contributed by atoms with Gasteiger partial charge in [-0.2, -0.15) is 0 Å². The summed E-state index contributed by atoms with van der Waals surface area (Å²) in [5.74, 6) is 0. The van der Waals surface area contributed by atoms with Crippen LogP contribution in [0, 0.1) is 17.8 Å². The summed E-state index contributed by atoms with van der Waals surface area (Å²) in [5.41, 5.74) is 5.15. The second-order valence-corrected chi connectivity index (χ2v) is 7.74. The summed E-state index contributed by atoms with van der Waals surface area (Å²) in [5, 5.41) is 0. The SMILES string of the molecule is Cc1cc(CC(C)(C)C)ccc1CC(C)(C)C. The van der Waals surface area contributed by atoms with Crippen LogP contribution in [0.3, 0.4) is 0 Å². The van der Waals surface area contributed by atoms with Crippen LogP contribution in [0.2, 0.25) is 0 Å². The molecule has 0 aliphatic heterocycles. The van der Waals surface area contributed by atoms with Gasteiger partial charge in [0.05, 0.1) is 0 Å². The van der Waals surface area contributed by atoms with E-state index in [0.717, 1.165) is 12.8 Å². The summed E-state index contributed by atoms with van der Waals surface area (Å²) >= 11 is 0. The largest absolute Gasteiger partial charge is 0.0599 e. The van der Waals surface area contributed by atoms with Crippen LogP contribution in [0.25, 0.3) is 0 Å². The van der Waals surface area contributed by atoms with Crippen LogP contribution >= 0.6 is 0 Å². The quantitative estimate of drug-likeness (QED) is 0.659. The molecule has 0 unspecified atom stereocenters. The Labute approximate surface area is 107 Å². The number of hydrogen-bond acceptors (Lipinski definition) is 0. The van der Waals surface area contributed by atoms with Gasteiger partial charge in [-0.25, -0.2) is 0 Å². The first-order chi connectivity index (χ1) is 7.57. The molecule has 0 N–H and O–H groups in total. The number of rotatable bonds is 2. The molecule has 0 aliphatic carbocycles. The van der Waals surface area contributed by atoms with Crippen molar-refractivity contribution in [1.82, 2.24) is 0 Å². The van der Waals surface area contributed by atoms with Gasteiger partial charge in [0.1, 0.15) is 0 Å². The first-order valence-corrected chi connectivity index (χ1v) is 6.65. The van der Waals surface area contributed by atoms with E-state index >= 15 is 0 Å². The Kier molecular flexibility index (Phi) is 4.06. The highest BCUT2D eigenvalue weighted by Crippen LogP contribution is 2.26. The van der Waals surface area contributed by atoms with E-state index in [0.29, 0.717) is 10.8 Å². The first kappa shape index (κ1) is 14.3. The molecule has 1 aromatic rings. The molecular formula is C17H28. The first-order valence-electron chi connectivity index (χ1n) is 6.65. The normalized spacial score (nSPS) is 12.9. The van der Waals surface area contributed by atoms with E-state index < -0.39 is 0 Å². The minimum absolute atomic E-state index is 0.371. The molecule has 0 saturated carbocycles. The number of hydrogen-bond donors (Lipinski definition) is 0. The summed E-state index contributed by atoms with van der Waals surface area (Å²) in [7, 11) is 0. The maximum absolute atomic E-state index is 2.37. The van der Waals surface area contributed by atoms with Crippen LogP contribution in [-0.2, 0) is 12.8 Å². The molecule has 0 aromatic heterocycles. The monoisotopic (exact) mass is 232 g/mol. The lowest BCUT2D eigenvalue weighted by Crippen LogP contribution is -2.12. The summed E-state index contributed by atoms with van der Waals surface area (Å²) < 4.78 is 0. The second kappa shape index (κ2) is 4.84. The molecule has 0 radical (unpaired) electrons. The van der Waals surface area contributed by atoms with Crippen molar-refractivity contribution in [3.63, 3.8) is 0 Å². The smallest absolute Gasteiger partial charge is 0.0227 e. The van der Waals surface area contributed by atoms with Crippen LogP contribution in [0.1, 0.15) is 58.2 Å². The molecular weight excluding hydrogens is 204 g/mol. The van der Waals surface area contributed by atoms with E-state index in [1.165, 1.54) is 16.7 Å². The van der Waals surface area contributed by atoms with Crippen molar-refractivity contribution < 1.29 is 0 Å². The molecule has 0 saturated heterocycles. The van der Waals surface area contributed by atoms with Gasteiger partial charge in [0, 0.05) is 0 Å². The van der Waals surface area contributed by atoms with Crippen LogP contribution in [0.15, 0.2) is 18.2 Å². The Morgan fingerprint density at radius 3 is 1.76 bits per heavy atom. The highest BCUT2D eigenvalue weighted by Gasteiger charge is 2.15. The van der Waals surface area contributed by atoms with Crippen molar-refractivity contribution in [2.45, 2.75) is 61.3 Å². The van der Waals surface area contributed by atoms with Gasteiger partial charge >= 0.3 is 0 Å². The van der Waals surface area contributed by atoms with Gasteiger partial charge in [0.15, 0.2) is 0 Å². The standard InChI is InChI=1S/C17H28/c1-13-10-14(11-16(2,3)4)8-9-15(13)12-17(5,6)7/h8-10H,11-12H2,1-7H3. The molecule has 0 atom stereocenters. The van der Waals surface area contributed by atoms with Crippen molar-refractivity contribution in [3.8, 4) is 0 Å². The molecule has 0 heterocycles. The van der Waals surface area contributed by atoms with Crippen molar-refractivity contribution in [2.24, 2.45) is 10.8 Å². The van der Waals surface area contributed by atoms with Crippen LogP contribution in [-0.4, -0.2) is 0 Å². The lowest BCUT2D eigenvalue weighted by atomic mass is 9.84. The fourth-order valence-electron chi connectivity index (χ4n) is 2.25. The molecule has 1 aromatic carbocycles. The molecule has 96 valence electrons. The fraction of sp³-hybridized carbons (Fsp3) is 0.647. The van der Waals surface area contributed by atoms with Crippen molar-refractivity contribution in [1.29, 1.82) is 0 Å². The minimum atomic E-state index is 0.371. The van der Waals surface area contributed by atoms with Gasteiger partial charge in [-0.3, -0.25) is 0 Å². The zero-order chi connectivity index (χ0) is 13.3. The topological polar surface area (TPSA) is 0 Å². The predicted molar refractivity (Wildman–Crippen MR) is 77.5 cm³/mol. The van der Waals surface area contributed by atoms with Gasteiger partial charge in [-0.1, -0.05) is 59.7 Å². The molecule has 0 amide bonds. The zero-order valence-corrected chi connectivity index (χ0v) is 12.6. The van der Waals surface area contributed by atoms with Gasteiger partial charge < -0.3 is 0 Å². The van der Waals surface area contributed by atoms with E-state index in [1.54, 1.807) is 0 Å².